The SMILES string of the molecule is O=CCCC[P+](=O)O. The molecule has 0 rings (SSSR count). The normalized spacial score (nSPS) is 10.9. The summed E-state index contributed by atoms with van der Waals surface area (Å²) in [7, 11) is -2.02. The van der Waals surface area contributed by atoms with Crippen LogP contribution in [-0.2, 0) is 9.36 Å². The predicted octanol–water partition coefficient (Wildman–Crippen LogP) is 0.700. The molecule has 46 valence electrons. The van der Waals surface area contributed by atoms with Gasteiger partial charge < -0.3 is 4.79 Å². The van der Waals surface area contributed by atoms with Crippen molar-refractivity contribution >= 4 is 14.3 Å². The Kier molecular flexibility index (Phi) is 4.71. The Morgan fingerprint density at radius 1 is 1.62 bits per heavy atom. The molecule has 0 aromatic rings. The van der Waals surface area contributed by atoms with Gasteiger partial charge in [-0.05, 0) is 4.57 Å². The third-order valence-electron chi connectivity index (χ3n) is 0.671. The molecule has 0 saturated heterocycles. The summed E-state index contributed by atoms with van der Waals surface area (Å²) in [6.45, 7) is 0. The van der Waals surface area contributed by atoms with Gasteiger partial charge in [0, 0.05) is 12.8 Å². The average molecular weight is 135 g/mol. The topological polar surface area (TPSA) is 54.4 Å². The third-order valence-corrected chi connectivity index (χ3v) is 1.37. The quantitative estimate of drug-likeness (QED) is 0.350. The molecule has 0 aliphatic rings. The zero-order valence-electron chi connectivity index (χ0n) is 4.41. The molecule has 3 nitrogen and oxygen atoms in total. The molecular weight excluding hydrogens is 127 g/mol. The van der Waals surface area contributed by atoms with Crippen LogP contribution in [0, 0.1) is 0 Å². The zero-order valence-corrected chi connectivity index (χ0v) is 5.30. The van der Waals surface area contributed by atoms with Crippen LogP contribution < -0.4 is 0 Å². The van der Waals surface area contributed by atoms with Gasteiger partial charge in [0.2, 0.25) is 0 Å². The van der Waals surface area contributed by atoms with E-state index < -0.39 is 8.03 Å². The van der Waals surface area contributed by atoms with Crippen LogP contribution in [0.1, 0.15) is 12.8 Å². The number of aldehydes is 1. The number of carbonyl (C=O) groups is 1. The molecule has 0 bridgehead atoms. The first-order chi connectivity index (χ1) is 3.77. The number of unbranched alkanes of at least 4 members (excludes halogenated alkanes) is 1. The first-order valence-electron chi connectivity index (χ1n) is 2.34. The van der Waals surface area contributed by atoms with E-state index in [-0.39, 0.29) is 6.16 Å². The van der Waals surface area contributed by atoms with Gasteiger partial charge in [0.05, 0.1) is 0 Å². The number of carbonyl (C=O) groups excluding carboxylic acids is 1. The van der Waals surface area contributed by atoms with E-state index in [1.807, 2.05) is 0 Å². The van der Waals surface area contributed by atoms with Crippen LogP contribution in [0.3, 0.4) is 0 Å². The summed E-state index contributed by atoms with van der Waals surface area (Å²) < 4.78 is 9.91. The summed E-state index contributed by atoms with van der Waals surface area (Å²) in [5, 5.41) is 0. The first-order valence-corrected chi connectivity index (χ1v) is 3.74. The first kappa shape index (κ1) is 7.73. The summed E-state index contributed by atoms with van der Waals surface area (Å²) in [5.41, 5.74) is 0. The minimum absolute atomic E-state index is 0.244. The number of hydrogen-bond donors (Lipinski definition) is 1. The van der Waals surface area contributed by atoms with Crippen molar-refractivity contribution in [3.8, 4) is 0 Å². The zero-order chi connectivity index (χ0) is 6.41. The van der Waals surface area contributed by atoms with Crippen molar-refractivity contribution in [2.45, 2.75) is 12.8 Å². The van der Waals surface area contributed by atoms with Crippen LogP contribution in [0.15, 0.2) is 0 Å². The molecule has 8 heavy (non-hydrogen) atoms. The molecule has 0 aliphatic carbocycles. The minimum Gasteiger partial charge on any atom is -0.303 e. The van der Waals surface area contributed by atoms with Crippen molar-refractivity contribution in [3.63, 3.8) is 0 Å². The van der Waals surface area contributed by atoms with Crippen molar-refractivity contribution < 1.29 is 14.3 Å². The van der Waals surface area contributed by atoms with Crippen LogP contribution >= 0.6 is 8.03 Å². The monoisotopic (exact) mass is 135 g/mol. The maximum Gasteiger partial charge on any atom is 0.505 e. The Balaban J connectivity index is 2.93. The largest absolute Gasteiger partial charge is 0.505 e. The maximum absolute atomic E-state index is 9.91. The smallest absolute Gasteiger partial charge is 0.303 e. The van der Waals surface area contributed by atoms with Gasteiger partial charge >= 0.3 is 8.03 Å². The minimum atomic E-state index is -2.02. The Labute approximate surface area is 48.6 Å². The van der Waals surface area contributed by atoms with E-state index in [1.165, 1.54) is 0 Å². The van der Waals surface area contributed by atoms with Crippen molar-refractivity contribution in [1.82, 2.24) is 0 Å². The molecule has 0 saturated carbocycles. The summed E-state index contributed by atoms with van der Waals surface area (Å²) in [5.74, 6) is 0. The lowest BCUT2D eigenvalue weighted by atomic mass is 10.4. The summed E-state index contributed by atoms with van der Waals surface area (Å²) in [6, 6.07) is 0. The molecule has 0 aromatic carbocycles. The van der Waals surface area contributed by atoms with Crippen LogP contribution in [0.4, 0.5) is 0 Å². The fraction of sp³-hybridized carbons (Fsp3) is 0.750. The lowest BCUT2D eigenvalue weighted by molar-refractivity contribution is -0.107. The second-order valence-corrected chi connectivity index (χ2v) is 2.54. The van der Waals surface area contributed by atoms with Crippen LogP contribution in [0.5, 0.6) is 0 Å². The summed E-state index contributed by atoms with van der Waals surface area (Å²) >= 11 is 0. The fourth-order valence-electron chi connectivity index (χ4n) is 0.310. The predicted molar refractivity (Wildman–Crippen MR) is 30.0 cm³/mol. The van der Waals surface area contributed by atoms with E-state index >= 15 is 0 Å². The van der Waals surface area contributed by atoms with Crippen LogP contribution in [0.25, 0.3) is 0 Å². The number of hydrogen-bond acceptors (Lipinski definition) is 2. The molecular formula is C4H8O3P+. The van der Waals surface area contributed by atoms with Crippen molar-refractivity contribution in [1.29, 1.82) is 0 Å². The highest BCUT2D eigenvalue weighted by Crippen LogP contribution is 2.13. The Morgan fingerprint density at radius 2 is 2.25 bits per heavy atom. The molecule has 0 aromatic heterocycles. The van der Waals surface area contributed by atoms with E-state index in [9.17, 15) is 9.36 Å². The lowest BCUT2D eigenvalue weighted by Crippen LogP contribution is -1.78. The molecule has 4 heteroatoms. The highest BCUT2D eigenvalue weighted by molar-refractivity contribution is 7.37. The van der Waals surface area contributed by atoms with Gasteiger partial charge in [0.25, 0.3) is 0 Å². The molecule has 1 N–H and O–H groups in total. The van der Waals surface area contributed by atoms with E-state index in [0.29, 0.717) is 12.8 Å². The maximum atomic E-state index is 9.91. The summed E-state index contributed by atoms with van der Waals surface area (Å²) in [6.07, 6.45) is 1.91. The summed E-state index contributed by atoms with van der Waals surface area (Å²) in [4.78, 5) is 17.8. The molecule has 0 fully saturated rings. The van der Waals surface area contributed by atoms with Gasteiger partial charge in [-0.25, -0.2) is 0 Å². The van der Waals surface area contributed by atoms with Gasteiger partial charge in [-0.1, -0.05) is 0 Å². The van der Waals surface area contributed by atoms with Crippen molar-refractivity contribution in [3.05, 3.63) is 0 Å². The molecule has 0 amide bonds. The van der Waals surface area contributed by atoms with E-state index in [4.69, 9.17) is 4.89 Å². The molecule has 1 unspecified atom stereocenters. The lowest BCUT2D eigenvalue weighted by Gasteiger charge is -1.75. The molecule has 1 atom stereocenters. The highest BCUT2D eigenvalue weighted by atomic mass is 31.1. The standard InChI is InChI=1S/C4H7O3P/c5-3-1-2-4-8(6)7/h3H,1-2,4H2/p+1. The van der Waals surface area contributed by atoms with E-state index in [2.05, 4.69) is 0 Å². The van der Waals surface area contributed by atoms with Crippen molar-refractivity contribution in [2.75, 3.05) is 6.16 Å². The van der Waals surface area contributed by atoms with Crippen LogP contribution in [0.2, 0.25) is 0 Å². The number of rotatable bonds is 4. The second-order valence-electron chi connectivity index (χ2n) is 1.38. The third kappa shape index (κ3) is 5.73. The van der Waals surface area contributed by atoms with Gasteiger partial charge in [0.1, 0.15) is 6.29 Å². The van der Waals surface area contributed by atoms with E-state index in [0.717, 1.165) is 6.29 Å². The molecule has 0 aliphatic heterocycles. The Morgan fingerprint density at radius 3 is 2.62 bits per heavy atom. The Hall–Kier alpha value is -0.270. The van der Waals surface area contributed by atoms with Crippen LogP contribution in [-0.4, -0.2) is 17.3 Å². The van der Waals surface area contributed by atoms with E-state index in [1.54, 1.807) is 0 Å². The van der Waals surface area contributed by atoms with Crippen molar-refractivity contribution in [2.24, 2.45) is 0 Å². The van der Waals surface area contributed by atoms with Gasteiger partial charge in [-0.3, -0.25) is 0 Å². The van der Waals surface area contributed by atoms with Gasteiger partial charge in [-0.2, -0.15) is 4.89 Å². The molecule has 0 radical (unpaired) electrons. The highest BCUT2D eigenvalue weighted by Gasteiger charge is 2.06. The molecule has 0 heterocycles. The fourth-order valence-corrected chi connectivity index (χ4v) is 0.763. The average Bonchev–Trinajstić information content (AvgIpc) is 1.66. The molecule has 0 spiro atoms. The second kappa shape index (κ2) is 4.88. The Bertz CT molecular complexity index is 91.3. The van der Waals surface area contributed by atoms with Gasteiger partial charge in [0.15, 0.2) is 6.16 Å². The van der Waals surface area contributed by atoms with Gasteiger partial charge in [-0.15, -0.1) is 0 Å².